The molecule has 0 aromatic heterocycles. The van der Waals surface area contributed by atoms with Crippen LogP contribution in [0.2, 0.25) is 0 Å². The van der Waals surface area contributed by atoms with Crippen molar-refractivity contribution in [3.8, 4) is 5.75 Å². The zero-order valence-electron chi connectivity index (χ0n) is 14.6. The fraction of sp³-hybridized carbons (Fsp3) is 0.350. The number of nitrogens with zero attached hydrogens (tertiary/aromatic N) is 1. The van der Waals surface area contributed by atoms with Crippen molar-refractivity contribution in [1.82, 2.24) is 4.31 Å². The van der Waals surface area contributed by atoms with Crippen molar-refractivity contribution < 1.29 is 17.9 Å². The summed E-state index contributed by atoms with van der Waals surface area (Å²) >= 11 is 0. The summed E-state index contributed by atoms with van der Waals surface area (Å²) in [5.74, 6) is 0.700. The molecular weight excluding hydrogens is 350 g/mol. The molecule has 136 valence electrons. The quantitative estimate of drug-likeness (QED) is 0.813. The number of fused-ring (bicyclic) bond motifs is 1. The monoisotopic (exact) mass is 371 g/mol. The normalized spacial score (nSPS) is 19.8. The molecule has 0 N–H and O–H groups in total. The van der Waals surface area contributed by atoms with E-state index in [9.17, 15) is 13.2 Å². The number of benzene rings is 2. The summed E-state index contributed by atoms with van der Waals surface area (Å²) in [6.45, 7) is 2.67. The summed E-state index contributed by atoms with van der Waals surface area (Å²) in [6, 6.07) is 14.1. The molecule has 2 aromatic rings. The van der Waals surface area contributed by atoms with E-state index in [1.165, 1.54) is 4.31 Å². The minimum Gasteiger partial charge on any atom is -0.486 e. The van der Waals surface area contributed by atoms with Crippen LogP contribution in [0.3, 0.4) is 0 Å². The predicted molar refractivity (Wildman–Crippen MR) is 97.9 cm³/mol. The first kappa shape index (κ1) is 17.2. The SMILES string of the molecule is Cc1ccc2c(c1)OC1(CCN(S(=O)(=O)c3ccccc3)CC1)CC2=O. The van der Waals surface area contributed by atoms with E-state index >= 15 is 0 Å². The first-order chi connectivity index (χ1) is 12.4. The highest BCUT2D eigenvalue weighted by atomic mass is 32.2. The van der Waals surface area contributed by atoms with Crippen LogP contribution in [-0.2, 0) is 10.0 Å². The van der Waals surface area contributed by atoms with E-state index in [-0.39, 0.29) is 5.78 Å². The Labute approximate surface area is 153 Å². The molecule has 1 saturated heterocycles. The zero-order chi connectivity index (χ0) is 18.4. The van der Waals surface area contributed by atoms with Gasteiger partial charge in [0.25, 0.3) is 0 Å². The van der Waals surface area contributed by atoms with Gasteiger partial charge in [0.05, 0.1) is 16.9 Å². The zero-order valence-corrected chi connectivity index (χ0v) is 15.5. The lowest BCUT2D eigenvalue weighted by molar-refractivity contribution is 0.00588. The van der Waals surface area contributed by atoms with Crippen LogP contribution in [0.1, 0.15) is 35.2 Å². The van der Waals surface area contributed by atoms with Gasteiger partial charge >= 0.3 is 0 Å². The Morgan fingerprint density at radius 3 is 2.42 bits per heavy atom. The molecule has 2 aromatic carbocycles. The van der Waals surface area contributed by atoms with E-state index in [0.717, 1.165) is 5.56 Å². The minimum absolute atomic E-state index is 0.0746. The number of aryl methyl sites for hydroxylation is 1. The number of piperidine rings is 1. The fourth-order valence-electron chi connectivity index (χ4n) is 3.76. The average molecular weight is 371 g/mol. The van der Waals surface area contributed by atoms with Crippen molar-refractivity contribution in [3.63, 3.8) is 0 Å². The van der Waals surface area contributed by atoms with Crippen LogP contribution < -0.4 is 4.74 Å². The number of hydrogen-bond acceptors (Lipinski definition) is 4. The molecule has 1 fully saturated rings. The van der Waals surface area contributed by atoms with E-state index in [1.54, 1.807) is 30.3 Å². The maximum Gasteiger partial charge on any atom is 0.243 e. The summed E-state index contributed by atoms with van der Waals surface area (Å²) in [6.07, 6.45) is 1.33. The average Bonchev–Trinajstić information content (AvgIpc) is 2.62. The van der Waals surface area contributed by atoms with Crippen molar-refractivity contribution in [2.75, 3.05) is 13.1 Å². The highest BCUT2D eigenvalue weighted by Crippen LogP contribution is 2.40. The van der Waals surface area contributed by atoms with Crippen LogP contribution in [0.15, 0.2) is 53.4 Å². The van der Waals surface area contributed by atoms with Gasteiger partial charge in [-0.3, -0.25) is 4.79 Å². The summed E-state index contributed by atoms with van der Waals surface area (Å²) in [7, 11) is -3.51. The first-order valence-electron chi connectivity index (χ1n) is 8.78. The number of carbonyl (C=O) groups excluding carboxylic acids is 1. The van der Waals surface area contributed by atoms with Gasteiger partial charge in [0.1, 0.15) is 11.4 Å². The lowest BCUT2D eigenvalue weighted by atomic mass is 9.83. The third-order valence-electron chi connectivity index (χ3n) is 5.26. The van der Waals surface area contributed by atoms with Gasteiger partial charge < -0.3 is 4.74 Å². The first-order valence-corrected chi connectivity index (χ1v) is 10.2. The second-order valence-corrected chi connectivity index (χ2v) is 9.04. The maximum atomic E-state index is 12.8. The third-order valence-corrected chi connectivity index (χ3v) is 7.17. The Morgan fingerprint density at radius 2 is 1.73 bits per heavy atom. The Morgan fingerprint density at radius 1 is 1.04 bits per heavy atom. The number of Topliss-reactive ketones (excluding diaryl/α,β-unsaturated/α-hetero) is 1. The van der Waals surface area contributed by atoms with Crippen molar-refractivity contribution in [3.05, 3.63) is 59.7 Å². The Bertz CT molecular complexity index is 945. The van der Waals surface area contributed by atoms with Gasteiger partial charge in [0.2, 0.25) is 10.0 Å². The molecule has 0 bridgehead atoms. The Hall–Kier alpha value is -2.18. The molecule has 2 aliphatic heterocycles. The molecule has 2 heterocycles. The summed E-state index contributed by atoms with van der Waals surface area (Å²) in [5.41, 5.74) is 1.07. The van der Waals surface area contributed by atoms with Crippen LogP contribution in [-0.4, -0.2) is 37.2 Å². The van der Waals surface area contributed by atoms with Gasteiger partial charge in [-0.2, -0.15) is 4.31 Å². The lowest BCUT2D eigenvalue weighted by Crippen LogP contribution is -2.52. The minimum atomic E-state index is -3.51. The molecule has 1 spiro atoms. The molecule has 26 heavy (non-hydrogen) atoms. The number of ether oxygens (including phenoxy) is 1. The number of rotatable bonds is 2. The summed E-state index contributed by atoms with van der Waals surface area (Å²) < 4.78 is 33.3. The van der Waals surface area contributed by atoms with E-state index in [4.69, 9.17) is 4.74 Å². The smallest absolute Gasteiger partial charge is 0.243 e. The van der Waals surface area contributed by atoms with Gasteiger partial charge in [-0.1, -0.05) is 24.3 Å². The molecule has 0 amide bonds. The van der Waals surface area contributed by atoms with Crippen molar-refractivity contribution in [1.29, 1.82) is 0 Å². The molecule has 2 aliphatic rings. The van der Waals surface area contributed by atoms with Gasteiger partial charge in [-0.05, 0) is 36.8 Å². The largest absolute Gasteiger partial charge is 0.486 e. The molecule has 0 radical (unpaired) electrons. The van der Waals surface area contributed by atoms with Crippen molar-refractivity contribution >= 4 is 15.8 Å². The summed E-state index contributed by atoms with van der Waals surface area (Å²) in [4.78, 5) is 12.9. The number of carbonyl (C=O) groups is 1. The van der Waals surface area contributed by atoms with E-state index in [1.807, 2.05) is 25.1 Å². The second kappa shape index (κ2) is 6.21. The summed E-state index contributed by atoms with van der Waals surface area (Å²) in [5, 5.41) is 0. The molecule has 4 rings (SSSR count). The predicted octanol–water partition coefficient (Wildman–Crippen LogP) is 3.18. The van der Waals surface area contributed by atoms with E-state index in [0.29, 0.717) is 48.6 Å². The Kier molecular flexibility index (Phi) is 4.12. The second-order valence-electron chi connectivity index (χ2n) is 7.10. The van der Waals surface area contributed by atoms with Gasteiger partial charge in [0.15, 0.2) is 5.78 Å². The number of hydrogen-bond donors (Lipinski definition) is 0. The maximum absolute atomic E-state index is 12.8. The van der Waals surface area contributed by atoms with Crippen LogP contribution >= 0.6 is 0 Å². The van der Waals surface area contributed by atoms with E-state index in [2.05, 4.69) is 0 Å². The van der Waals surface area contributed by atoms with Crippen molar-refractivity contribution in [2.24, 2.45) is 0 Å². The number of sulfonamides is 1. The molecule has 0 atom stereocenters. The van der Waals surface area contributed by atoms with E-state index < -0.39 is 15.6 Å². The topological polar surface area (TPSA) is 63.7 Å². The lowest BCUT2D eigenvalue weighted by Gasteiger charge is -2.43. The Balaban J connectivity index is 1.55. The van der Waals surface area contributed by atoms with Crippen LogP contribution in [0.25, 0.3) is 0 Å². The van der Waals surface area contributed by atoms with Gasteiger partial charge in [-0.15, -0.1) is 0 Å². The fourth-order valence-corrected chi connectivity index (χ4v) is 5.22. The standard InChI is InChI=1S/C20H21NO4S/c1-15-7-8-17-18(22)14-20(25-19(17)13-15)9-11-21(12-10-20)26(23,24)16-5-3-2-4-6-16/h2-8,13H,9-12,14H2,1H3. The van der Waals surface area contributed by atoms with Crippen LogP contribution in [0, 0.1) is 6.92 Å². The van der Waals surface area contributed by atoms with Crippen LogP contribution in [0.4, 0.5) is 0 Å². The molecule has 0 saturated carbocycles. The molecular formula is C20H21NO4S. The van der Waals surface area contributed by atoms with Gasteiger partial charge in [0, 0.05) is 25.9 Å². The van der Waals surface area contributed by atoms with Crippen LogP contribution in [0.5, 0.6) is 5.75 Å². The molecule has 0 unspecified atom stereocenters. The number of ketones is 1. The third kappa shape index (κ3) is 2.93. The van der Waals surface area contributed by atoms with Gasteiger partial charge in [-0.25, -0.2) is 8.42 Å². The van der Waals surface area contributed by atoms with Crippen molar-refractivity contribution in [2.45, 2.75) is 36.7 Å². The highest BCUT2D eigenvalue weighted by Gasteiger charge is 2.45. The molecule has 6 heteroatoms. The molecule has 0 aliphatic carbocycles. The molecule has 5 nitrogen and oxygen atoms in total. The highest BCUT2D eigenvalue weighted by molar-refractivity contribution is 7.89.